The first-order valence-electron chi connectivity index (χ1n) is 6.20. The first-order chi connectivity index (χ1) is 7.66. The lowest BCUT2D eigenvalue weighted by Crippen LogP contribution is -2.59. The maximum absolute atomic E-state index is 6.05. The van der Waals surface area contributed by atoms with Crippen molar-refractivity contribution in [1.82, 2.24) is 0 Å². The lowest BCUT2D eigenvalue weighted by atomic mass is 9.39. The molecular formula is C15H19N. The Bertz CT molecular complexity index is 440. The minimum absolute atomic E-state index is 0.186. The molecule has 0 aromatic rings. The first kappa shape index (κ1) is 9.95. The van der Waals surface area contributed by atoms with E-state index in [0.717, 1.165) is 5.70 Å². The molecule has 0 heterocycles. The number of fused-ring (bicyclic) bond motifs is 2. The highest BCUT2D eigenvalue weighted by Gasteiger charge is 2.64. The van der Waals surface area contributed by atoms with E-state index in [0.29, 0.717) is 11.8 Å². The SMILES string of the molecule is CCC1C23C=CC=CC1(C=C(N)C=C2)C3C. The van der Waals surface area contributed by atoms with Crippen molar-refractivity contribution in [3.8, 4) is 0 Å². The Morgan fingerprint density at radius 1 is 1.19 bits per heavy atom. The number of hydrogen-bond donors (Lipinski definition) is 1. The molecule has 4 atom stereocenters. The summed E-state index contributed by atoms with van der Waals surface area (Å²) in [6.45, 7) is 4.64. The third kappa shape index (κ3) is 0.881. The Kier molecular flexibility index (Phi) is 1.81. The van der Waals surface area contributed by atoms with E-state index in [1.807, 2.05) is 0 Å². The van der Waals surface area contributed by atoms with Crippen LogP contribution in [-0.4, -0.2) is 0 Å². The molecule has 0 saturated heterocycles. The van der Waals surface area contributed by atoms with E-state index in [2.05, 4.69) is 56.4 Å². The van der Waals surface area contributed by atoms with E-state index in [4.69, 9.17) is 5.73 Å². The van der Waals surface area contributed by atoms with Crippen LogP contribution in [0, 0.1) is 22.7 Å². The van der Waals surface area contributed by atoms with E-state index < -0.39 is 0 Å². The summed E-state index contributed by atoms with van der Waals surface area (Å²) < 4.78 is 0. The molecule has 4 unspecified atom stereocenters. The second kappa shape index (κ2) is 2.91. The van der Waals surface area contributed by atoms with Crippen LogP contribution >= 0.6 is 0 Å². The standard InChI is InChI=1S/C15H19N/c1-3-13-14-7-4-5-8-15(13,11(14)2)10-12(16)6-9-14/h4-11,13H,3,16H2,1-2H3. The van der Waals surface area contributed by atoms with Crippen LogP contribution in [0.5, 0.6) is 0 Å². The lowest BCUT2D eigenvalue weighted by molar-refractivity contribution is -0.0671. The quantitative estimate of drug-likeness (QED) is 0.711. The average molecular weight is 213 g/mol. The van der Waals surface area contributed by atoms with Crippen molar-refractivity contribution >= 4 is 0 Å². The Morgan fingerprint density at radius 3 is 2.56 bits per heavy atom. The van der Waals surface area contributed by atoms with Gasteiger partial charge in [0.1, 0.15) is 0 Å². The molecule has 1 saturated carbocycles. The number of rotatable bonds is 1. The van der Waals surface area contributed by atoms with E-state index in [1.165, 1.54) is 6.42 Å². The third-order valence-electron chi connectivity index (χ3n) is 4.98. The van der Waals surface area contributed by atoms with Gasteiger partial charge in [-0.25, -0.2) is 0 Å². The summed E-state index contributed by atoms with van der Waals surface area (Å²) in [4.78, 5) is 0. The highest BCUT2D eigenvalue weighted by atomic mass is 14.7. The van der Waals surface area contributed by atoms with Crippen LogP contribution in [0.25, 0.3) is 0 Å². The largest absolute Gasteiger partial charge is 0.399 e. The zero-order chi connectivity index (χ0) is 11.4. The molecule has 16 heavy (non-hydrogen) atoms. The number of nitrogens with two attached hydrogens (primary N) is 1. The zero-order valence-corrected chi connectivity index (χ0v) is 9.98. The minimum atomic E-state index is 0.186. The van der Waals surface area contributed by atoms with Crippen LogP contribution in [0.4, 0.5) is 0 Å². The Labute approximate surface area is 97.4 Å². The molecule has 0 aromatic carbocycles. The fourth-order valence-electron chi connectivity index (χ4n) is 4.21. The average Bonchev–Trinajstić information content (AvgIpc) is 2.62. The highest BCUT2D eigenvalue weighted by molar-refractivity contribution is 5.45. The van der Waals surface area contributed by atoms with E-state index in [-0.39, 0.29) is 10.8 Å². The molecule has 0 spiro atoms. The molecular weight excluding hydrogens is 194 g/mol. The number of allylic oxidation sites excluding steroid dienone is 7. The molecule has 1 nitrogen and oxygen atoms in total. The van der Waals surface area contributed by atoms with E-state index >= 15 is 0 Å². The van der Waals surface area contributed by atoms with Gasteiger partial charge in [-0.1, -0.05) is 56.7 Å². The summed E-state index contributed by atoms with van der Waals surface area (Å²) in [6, 6.07) is 0. The van der Waals surface area contributed by atoms with Crippen LogP contribution in [0.15, 0.2) is 48.2 Å². The van der Waals surface area contributed by atoms with Gasteiger partial charge < -0.3 is 5.73 Å². The monoisotopic (exact) mass is 213 g/mol. The van der Waals surface area contributed by atoms with Crippen LogP contribution in [-0.2, 0) is 0 Å². The molecule has 1 heteroatoms. The second-order valence-corrected chi connectivity index (χ2v) is 5.38. The van der Waals surface area contributed by atoms with Crippen molar-refractivity contribution in [1.29, 1.82) is 0 Å². The maximum Gasteiger partial charge on any atom is 0.0279 e. The molecule has 5 aliphatic rings. The van der Waals surface area contributed by atoms with Gasteiger partial charge in [-0.3, -0.25) is 0 Å². The predicted octanol–water partition coefficient (Wildman–Crippen LogP) is 3.17. The van der Waals surface area contributed by atoms with Crippen molar-refractivity contribution in [2.45, 2.75) is 20.3 Å². The van der Waals surface area contributed by atoms with Crippen molar-refractivity contribution in [3.63, 3.8) is 0 Å². The maximum atomic E-state index is 6.05. The van der Waals surface area contributed by atoms with Gasteiger partial charge in [0.25, 0.3) is 0 Å². The van der Waals surface area contributed by atoms with Gasteiger partial charge in [-0.15, -0.1) is 0 Å². The summed E-state index contributed by atoms with van der Waals surface area (Å²) in [7, 11) is 0. The van der Waals surface area contributed by atoms with E-state index in [1.54, 1.807) is 0 Å². The van der Waals surface area contributed by atoms with Gasteiger partial charge in [-0.2, -0.15) is 0 Å². The Balaban J connectivity index is 2.24. The molecule has 0 aromatic heterocycles. The van der Waals surface area contributed by atoms with Gasteiger partial charge in [0, 0.05) is 16.5 Å². The fourth-order valence-corrected chi connectivity index (χ4v) is 4.21. The smallest absolute Gasteiger partial charge is 0.0279 e. The Morgan fingerprint density at radius 2 is 1.88 bits per heavy atom. The second-order valence-electron chi connectivity index (χ2n) is 5.38. The fraction of sp³-hybridized carbons (Fsp3) is 0.467. The molecule has 2 bridgehead atoms. The normalized spacial score (nSPS) is 48.0. The van der Waals surface area contributed by atoms with Crippen molar-refractivity contribution in [2.75, 3.05) is 0 Å². The van der Waals surface area contributed by atoms with Crippen molar-refractivity contribution in [3.05, 3.63) is 48.2 Å². The highest BCUT2D eigenvalue weighted by Crippen LogP contribution is 2.69. The Hall–Kier alpha value is -1.24. The molecule has 0 amide bonds. The number of hydrogen-bond acceptors (Lipinski definition) is 1. The van der Waals surface area contributed by atoms with Gasteiger partial charge in [0.05, 0.1) is 0 Å². The molecule has 2 N–H and O–H groups in total. The molecule has 5 rings (SSSR count). The third-order valence-corrected chi connectivity index (χ3v) is 4.98. The summed E-state index contributed by atoms with van der Waals surface area (Å²) in [5.41, 5.74) is 7.39. The molecule has 84 valence electrons. The van der Waals surface area contributed by atoms with Crippen LogP contribution in [0.1, 0.15) is 20.3 Å². The minimum Gasteiger partial charge on any atom is -0.399 e. The van der Waals surface area contributed by atoms with Gasteiger partial charge in [-0.05, 0) is 17.9 Å². The van der Waals surface area contributed by atoms with Crippen molar-refractivity contribution in [2.24, 2.45) is 28.4 Å². The molecule has 0 aliphatic heterocycles. The summed E-state index contributed by atoms with van der Waals surface area (Å²) in [5.74, 6) is 1.29. The van der Waals surface area contributed by atoms with Gasteiger partial charge >= 0.3 is 0 Å². The predicted molar refractivity (Wildman–Crippen MR) is 67.5 cm³/mol. The summed E-state index contributed by atoms with van der Waals surface area (Å²) in [5, 5.41) is 0. The lowest BCUT2D eigenvalue weighted by Gasteiger charge is -2.63. The van der Waals surface area contributed by atoms with Crippen molar-refractivity contribution < 1.29 is 0 Å². The topological polar surface area (TPSA) is 26.0 Å². The zero-order valence-electron chi connectivity index (χ0n) is 9.98. The van der Waals surface area contributed by atoms with Gasteiger partial charge in [0.15, 0.2) is 0 Å². The molecule has 5 aliphatic carbocycles. The molecule has 1 fully saturated rings. The molecule has 0 radical (unpaired) electrons. The summed E-state index contributed by atoms with van der Waals surface area (Å²) >= 11 is 0. The van der Waals surface area contributed by atoms with E-state index in [9.17, 15) is 0 Å². The van der Waals surface area contributed by atoms with Crippen LogP contribution in [0.2, 0.25) is 0 Å². The van der Waals surface area contributed by atoms with Crippen LogP contribution in [0.3, 0.4) is 0 Å². The first-order valence-corrected chi connectivity index (χ1v) is 6.20. The van der Waals surface area contributed by atoms with Crippen LogP contribution < -0.4 is 5.73 Å². The van der Waals surface area contributed by atoms with Gasteiger partial charge in [0.2, 0.25) is 0 Å². The summed E-state index contributed by atoms with van der Waals surface area (Å²) in [6.07, 6.45) is 17.0.